The Bertz CT molecular complexity index is 905. The molecule has 0 saturated carbocycles. The van der Waals surface area contributed by atoms with E-state index >= 15 is 0 Å². The second kappa shape index (κ2) is 5.34. The Morgan fingerprint density at radius 2 is 2.00 bits per heavy atom. The summed E-state index contributed by atoms with van der Waals surface area (Å²) in [5.41, 5.74) is 8.43. The highest BCUT2D eigenvalue weighted by Crippen LogP contribution is 2.34. The zero-order valence-corrected chi connectivity index (χ0v) is 13.6. The molecule has 24 heavy (non-hydrogen) atoms. The topological polar surface area (TPSA) is 71.4 Å². The third-order valence-electron chi connectivity index (χ3n) is 5.36. The minimum atomic E-state index is 0.315. The molecule has 0 spiro atoms. The van der Waals surface area contributed by atoms with Gasteiger partial charge in [0.15, 0.2) is 11.4 Å². The second-order valence-electron chi connectivity index (χ2n) is 6.81. The number of nitrogen functional groups attached to an aromatic ring is 1. The van der Waals surface area contributed by atoms with E-state index in [9.17, 15) is 0 Å². The average Bonchev–Trinajstić information content (AvgIpc) is 2.99. The summed E-state index contributed by atoms with van der Waals surface area (Å²) in [7, 11) is 0. The molecule has 1 aromatic carbocycles. The maximum Gasteiger partial charge on any atom is 0.222 e. The zero-order valence-electron chi connectivity index (χ0n) is 13.6. The van der Waals surface area contributed by atoms with Crippen LogP contribution < -0.4 is 10.6 Å². The summed E-state index contributed by atoms with van der Waals surface area (Å²) in [6.45, 7) is 4.25. The number of nitrogens with two attached hydrogens (primary N) is 1. The molecule has 0 amide bonds. The lowest BCUT2D eigenvalue weighted by atomic mass is 9.99. The van der Waals surface area contributed by atoms with Crippen molar-refractivity contribution in [1.82, 2.24) is 14.9 Å². The molecule has 1 atom stereocenters. The van der Waals surface area contributed by atoms with E-state index in [-0.39, 0.29) is 0 Å². The number of anilines is 2. The quantitative estimate of drug-likeness (QED) is 0.742. The molecule has 2 saturated heterocycles. The SMILES string of the molecule is Nc1nc(N2CCN3CCCCC3C2)c2oc3ccccc3c2n1. The summed E-state index contributed by atoms with van der Waals surface area (Å²) in [6.07, 6.45) is 3.91. The van der Waals surface area contributed by atoms with E-state index in [1.807, 2.05) is 24.3 Å². The number of piperazine rings is 1. The molecule has 0 aliphatic carbocycles. The van der Waals surface area contributed by atoms with Gasteiger partial charge in [-0.15, -0.1) is 0 Å². The third kappa shape index (κ3) is 2.13. The Balaban J connectivity index is 1.61. The van der Waals surface area contributed by atoms with Crippen molar-refractivity contribution in [2.75, 3.05) is 36.8 Å². The van der Waals surface area contributed by atoms with Gasteiger partial charge in [-0.25, -0.2) is 4.98 Å². The number of nitrogens with zero attached hydrogens (tertiary/aromatic N) is 4. The predicted octanol–water partition coefficient (Wildman–Crippen LogP) is 2.63. The first-order chi connectivity index (χ1) is 11.8. The number of piperidine rings is 1. The lowest BCUT2D eigenvalue weighted by Gasteiger charge is -2.44. The summed E-state index contributed by atoms with van der Waals surface area (Å²) >= 11 is 0. The van der Waals surface area contributed by atoms with Crippen molar-refractivity contribution in [3.8, 4) is 0 Å². The van der Waals surface area contributed by atoms with Gasteiger partial charge in [0, 0.05) is 31.1 Å². The fourth-order valence-electron chi connectivity index (χ4n) is 4.16. The lowest BCUT2D eigenvalue weighted by molar-refractivity contribution is 0.133. The Labute approximate surface area is 140 Å². The van der Waals surface area contributed by atoms with E-state index < -0.39 is 0 Å². The number of furan rings is 1. The van der Waals surface area contributed by atoms with Crippen molar-refractivity contribution >= 4 is 33.8 Å². The van der Waals surface area contributed by atoms with E-state index in [0.29, 0.717) is 12.0 Å². The minimum Gasteiger partial charge on any atom is -0.450 e. The average molecular weight is 323 g/mol. The lowest BCUT2D eigenvalue weighted by Crippen LogP contribution is -2.55. The van der Waals surface area contributed by atoms with E-state index in [4.69, 9.17) is 10.2 Å². The monoisotopic (exact) mass is 323 g/mol. The van der Waals surface area contributed by atoms with Crippen LogP contribution in [0, 0.1) is 0 Å². The van der Waals surface area contributed by atoms with Crippen LogP contribution in [0.2, 0.25) is 0 Å². The highest BCUT2D eigenvalue weighted by Gasteiger charge is 2.31. The van der Waals surface area contributed by atoms with Gasteiger partial charge in [-0.2, -0.15) is 4.98 Å². The van der Waals surface area contributed by atoms with E-state index in [1.54, 1.807) is 0 Å². The van der Waals surface area contributed by atoms with Crippen LogP contribution in [0.5, 0.6) is 0 Å². The first-order valence-electron chi connectivity index (χ1n) is 8.73. The molecule has 2 aliphatic rings. The van der Waals surface area contributed by atoms with Gasteiger partial charge >= 0.3 is 0 Å². The highest BCUT2D eigenvalue weighted by molar-refractivity contribution is 6.06. The molecule has 1 unspecified atom stereocenters. The zero-order chi connectivity index (χ0) is 16.1. The van der Waals surface area contributed by atoms with Gasteiger partial charge in [0.05, 0.1) is 0 Å². The molecule has 124 valence electrons. The largest absolute Gasteiger partial charge is 0.450 e. The van der Waals surface area contributed by atoms with Gasteiger partial charge in [-0.1, -0.05) is 18.6 Å². The molecule has 2 fully saturated rings. The molecule has 6 heteroatoms. The van der Waals surface area contributed by atoms with Crippen molar-refractivity contribution in [2.24, 2.45) is 0 Å². The number of aromatic nitrogens is 2. The van der Waals surface area contributed by atoms with Crippen LogP contribution >= 0.6 is 0 Å². The molecule has 5 rings (SSSR count). The maximum atomic E-state index is 6.09. The highest BCUT2D eigenvalue weighted by atomic mass is 16.3. The fraction of sp³-hybridized carbons (Fsp3) is 0.444. The van der Waals surface area contributed by atoms with Crippen LogP contribution in [0.4, 0.5) is 11.8 Å². The van der Waals surface area contributed by atoms with E-state index in [1.165, 1.54) is 25.8 Å². The van der Waals surface area contributed by atoms with Crippen molar-refractivity contribution in [3.05, 3.63) is 24.3 Å². The van der Waals surface area contributed by atoms with Crippen LogP contribution in [0.25, 0.3) is 22.1 Å². The van der Waals surface area contributed by atoms with E-state index in [2.05, 4.69) is 19.8 Å². The normalized spacial score (nSPS) is 22.2. The first-order valence-corrected chi connectivity index (χ1v) is 8.73. The smallest absolute Gasteiger partial charge is 0.222 e. The van der Waals surface area contributed by atoms with Crippen LogP contribution in [0.3, 0.4) is 0 Å². The van der Waals surface area contributed by atoms with Crippen molar-refractivity contribution in [2.45, 2.75) is 25.3 Å². The van der Waals surface area contributed by atoms with Gasteiger partial charge in [0.25, 0.3) is 0 Å². The molecule has 6 nitrogen and oxygen atoms in total. The molecular weight excluding hydrogens is 302 g/mol. The molecule has 4 heterocycles. The summed E-state index contributed by atoms with van der Waals surface area (Å²) in [4.78, 5) is 13.9. The molecule has 2 N–H and O–H groups in total. The third-order valence-corrected chi connectivity index (χ3v) is 5.36. The number of benzene rings is 1. The summed E-state index contributed by atoms with van der Waals surface area (Å²) in [5, 5.41) is 0.999. The maximum absolute atomic E-state index is 6.09. The van der Waals surface area contributed by atoms with Gasteiger partial charge in [0.1, 0.15) is 11.1 Å². The number of fused-ring (bicyclic) bond motifs is 4. The van der Waals surface area contributed by atoms with E-state index in [0.717, 1.165) is 47.5 Å². The number of rotatable bonds is 1. The van der Waals surface area contributed by atoms with Crippen molar-refractivity contribution < 1.29 is 4.42 Å². The van der Waals surface area contributed by atoms with Gasteiger partial charge < -0.3 is 15.1 Å². The van der Waals surface area contributed by atoms with Gasteiger partial charge in [0.2, 0.25) is 5.95 Å². The van der Waals surface area contributed by atoms with Crippen LogP contribution in [0.1, 0.15) is 19.3 Å². The number of para-hydroxylation sites is 1. The molecular formula is C18H21N5O. The van der Waals surface area contributed by atoms with Crippen molar-refractivity contribution in [3.63, 3.8) is 0 Å². The fourth-order valence-corrected chi connectivity index (χ4v) is 4.16. The van der Waals surface area contributed by atoms with Crippen LogP contribution in [-0.2, 0) is 0 Å². The summed E-state index contributed by atoms with van der Waals surface area (Å²) in [5.74, 6) is 1.16. The van der Waals surface area contributed by atoms with Gasteiger partial charge in [-0.3, -0.25) is 4.90 Å². The minimum absolute atomic E-state index is 0.315. The number of hydrogen-bond acceptors (Lipinski definition) is 6. The van der Waals surface area contributed by atoms with Crippen LogP contribution in [0.15, 0.2) is 28.7 Å². The summed E-state index contributed by atoms with van der Waals surface area (Å²) < 4.78 is 6.09. The Morgan fingerprint density at radius 1 is 1.08 bits per heavy atom. The van der Waals surface area contributed by atoms with Crippen molar-refractivity contribution in [1.29, 1.82) is 0 Å². The Kier molecular flexibility index (Phi) is 3.13. The predicted molar refractivity (Wildman–Crippen MR) is 95.1 cm³/mol. The summed E-state index contributed by atoms with van der Waals surface area (Å²) in [6, 6.07) is 8.58. The Morgan fingerprint density at radius 3 is 2.96 bits per heavy atom. The van der Waals surface area contributed by atoms with Gasteiger partial charge in [-0.05, 0) is 31.5 Å². The molecule has 0 bridgehead atoms. The standard InChI is InChI=1S/C18H21N5O/c19-18-20-15-13-6-1-2-7-14(13)24-16(15)17(21-18)23-10-9-22-8-4-3-5-12(22)11-23/h1-2,6-7,12H,3-5,8-11H2,(H2,19,20,21). The molecule has 0 radical (unpaired) electrons. The number of hydrogen-bond donors (Lipinski definition) is 1. The molecule has 2 aromatic heterocycles. The second-order valence-corrected chi connectivity index (χ2v) is 6.81. The Hall–Kier alpha value is -2.34. The molecule has 2 aliphatic heterocycles. The first kappa shape index (κ1) is 14.0. The molecule has 3 aromatic rings. The van der Waals surface area contributed by atoms with Crippen LogP contribution in [-0.4, -0.2) is 47.1 Å².